The SMILES string of the molecule is C=C(O)c1cn(C2CC2)c2c(OC)c(N3CCN(C4=C5NC(=O)/C(C)=C\C=C\[C@H](C)[C@H](O)[C@@H](C)[C@@H](O)[C@@H](C)[C@H](OC(C)=O)[C@H](C)[C@@H](OC)/C=C/O[C@@]6(C)Oc7c(C)c(O)c(c(c7C6=O)C4=O)C5=O)C(C)C3)c(F)cc2c1=O. The number of ether oxygens (including phenoxy) is 5. The fourth-order valence-corrected chi connectivity index (χ4v) is 11.2. The minimum absolute atomic E-state index is 0.00998. The minimum atomic E-state index is -2.20. The number of esters is 1. The van der Waals surface area contributed by atoms with Gasteiger partial charge >= 0.3 is 11.8 Å². The number of rotatable bonds is 7. The average molecular weight is 1070 g/mol. The number of halogens is 1. The number of aromatic hydroxyl groups is 1. The summed E-state index contributed by atoms with van der Waals surface area (Å²) >= 11 is 0. The van der Waals surface area contributed by atoms with E-state index < -0.39 is 129 Å². The number of fused-ring (bicyclic) bond motifs is 15. The molecule has 10 atom stereocenters. The molecule has 1 aromatic heterocycles. The number of benzene rings is 2. The average Bonchev–Trinajstić information content (AvgIpc) is 4.20. The fraction of sp³-hybridized carbons (Fsp3) is 0.474. The molecule has 4 aliphatic heterocycles. The maximum Gasteiger partial charge on any atom is 0.312 e. The third kappa shape index (κ3) is 9.79. The molecular formula is C57H67FN4O15. The molecule has 412 valence electrons. The molecule has 20 heteroatoms. The summed E-state index contributed by atoms with van der Waals surface area (Å²) in [5, 5.41) is 48.0. The molecule has 2 fully saturated rings. The van der Waals surface area contributed by atoms with E-state index in [-0.39, 0.29) is 76.2 Å². The Kier molecular flexibility index (Phi) is 15.4. The predicted octanol–water partition coefficient (Wildman–Crippen LogP) is 6.49. The molecule has 2 aromatic carbocycles. The van der Waals surface area contributed by atoms with E-state index in [2.05, 4.69) is 11.9 Å². The van der Waals surface area contributed by atoms with Crippen LogP contribution in [0.5, 0.6) is 17.2 Å². The number of methoxy groups -OCH3 is 2. The summed E-state index contributed by atoms with van der Waals surface area (Å²) in [6.07, 6.45) is 6.03. The molecule has 77 heavy (non-hydrogen) atoms. The highest BCUT2D eigenvalue weighted by atomic mass is 19.1. The Labute approximate surface area is 444 Å². The highest BCUT2D eigenvalue weighted by molar-refractivity contribution is 6.32. The van der Waals surface area contributed by atoms with Gasteiger partial charge < -0.3 is 63.8 Å². The van der Waals surface area contributed by atoms with Crippen LogP contribution in [0.2, 0.25) is 0 Å². The Balaban J connectivity index is 1.24. The lowest BCUT2D eigenvalue weighted by Gasteiger charge is -2.44. The van der Waals surface area contributed by atoms with Gasteiger partial charge in [0, 0.05) is 93.7 Å². The normalized spacial score (nSPS) is 29.8. The number of piperazine rings is 1. The van der Waals surface area contributed by atoms with Crippen molar-refractivity contribution < 1.29 is 72.5 Å². The van der Waals surface area contributed by atoms with Gasteiger partial charge in [0.05, 0.1) is 64.8 Å². The quantitative estimate of drug-likeness (QED) is 0.125. The van der Waals surface area contributed by atoms with Crippen molar-refractivity contribution in [3.8, 4) is 17.2 Å². The van der Waals surface area contributed by atoms with Gasteiger partial charge in [0.25, 0.3) is 11.7 Å². The number of Topliss-reactive ketones (excluding diaryl/α,β-unsaturated/α-hetero) is 3. The van der Waals surface area contributed by atoms with Crippen molar-refractivity contribution in [2.45, 2.75) is 117 Å². The second kappa shape index (κ2) is 21.3. The van der Waals surface area contributed by atoms with Crippen LogP contribution in [0.4, 0.5) is 10.1 Å². The molecule has 9 rings (SSSR count). The summed E-state index contributed by atoms with van der Waals surface area (Å²) in [4.78, 5) is 89.2. The number of aromatic nitrogens is 1. The topological polar surface area (TPSA) is 253 Å². The number of pyridine rings is 1. The number of aliphatic hydroxyl groups excluding tert-OH is 3. The third-order valence-corrected chi connectivity index (χ3v) is 15.8. The van der Waals surface area contributed by atoms with Gasteiger partial charge in [-0.1, -0.05) is 52.5 Å². The van der Waals surface area contributed by atoms with Crippen LogP contribution in [0.3, 0.4) is 0 Å². The first-order valence-corrected chi connectivity index (χ1v) is 25.7. The van der Waals surface area contributed by atoms with Gasteiger partial charge in [-0.05, 0) is 45.8 Å². The molecule has 1 amide bonds. The summed E-state index contributed by atoms with van der Waals surface area (Å²) in [7, 11) is 2.76. The number of carbonyl (C=O) groups is 5. The van der Waals surface area contributed by atoms with Crippen LogP contribution in [0, 0.1) is 36.4 Å². The molecule has 5 heterocycles. The van der Waals surface area contributed by atoms with Gasteiger partial charge in [0.2, 0.25) is 17.0 Å². The van der Waals surface area contributed by atoms with Gasteiger partial charge in [0.1, 0.15) is 40.4 Å². The van der Waals surface area contributed by atoms with Crippen LogP contribution in [0.1, 0.15) is 116 Å². The number of hydrogen-bond donors (Lipinski definition) is 5. The van der Waals surface area contributed by atoms with E-state index in [1.165, 1.54) is 66.3 Å². The second-order valence-electron chi connectivity index (χ2n) is 21.1. The summed E-state index contributed by atoms with van der Waals surface area (Å²) < 4.78 is 48.2. The summed E-state index contributed by atoms with van der Waals surface area (Å²) in [5.41, 5.74) is -2.62. The van der Waals surface area contributed by atoms with Crippen LogP contribution < -0.4 is 25.1 Å². The summed E-state index contributed by atoms with van der Waals surface area (Å²) in [6, 6.07) is 0.287. The first-order chi connectivity index (χ1) is 36.3. The molecular weight excluding hydrogens is 1000 g/mol. The lowest BCUT2D eigenvalue weighted by Crippen LogP contribution is -2.54. The minimum Gasteiger partial charge on any atom is -0.508 e. The zero-order valence-electron chi connectivity index (χ0n) is 45.1. The van der Waals surface area contributed by atoms with Crippen molar-refractivity contribution in [2.75, 3.05) is 38.8 Å². The van der Waals surface area contributed by atoms with Crippen LogP contribution >= 0.6 is 0 Å². The van der Waals surface area contributed by atoms with Crippen molar-refractivity contribution in [3.05, 3.63) is 110 Å². The van der Waals surface area contributed by atoms with E-state index in [4.69, 9.17) is 23.7 Å². The first kappa shape index (κ1) is 55.9. The Morgan fingerprint density at radius 1 is 0.935 bits per heavy atom. The molecule has 19 nitrogen and oxygen atoms in total. The molecule has 0 spiro atoms. The fourth-order valence-electron chi connectivity index (χ4n) is 11.2. The monoisotopic (exact) mass is 1070 g/mol. The number of nitrogens with one attached hydrogen (secondary N) is 1. The number of ketones is 3. The number of anilines is 1. The van der Waals surface area contributed by atoms with Crippen LogP contribution in [-0.2, 0) is 23.8 Å². The van der Waals surface area contributed by atoms with Crippen molar-refractivity contribution in [2.24, 2.45) is 23.7 Å². The van der Waals surface area contributed by atoms with Gasteiger partial charge in [-0.25, -0.2) is 4.39 Å². The highest BCUT2D eigenvalue weighted by Gasteiger charge is 2.54. The zero-order valence-corrected chi connectivity index (χ0v) is 45.1. The number of phenols is 1. The first-order valence-electron chi connectivity index (χ1n) is 25.7. The molecule has 0 radical (unpaired) electrons. The lowest BCUT2D eigenvalue weighted by atomic mass is 9.78. The predicted molar refractivity (Wildman–Crippen MR) is 281 cm³/mol. The molecule has 2 aliphatic carbocycles. The van der Waals surface area contributed by atoms with Gasteiger partial charge in [-0.2, -0.15) is 0 Å². The standard InChI is InChI=1S/C57H67FN4O15/c1-25-14-13-15-26(2)56(72)59-42-45(61-20-19-60(23-27(61)3)44-37(58)22-35-43(54(44)74-12)62(34-16-17-34)24-36(32(8)63)49(35)68)51(70)39-40(50(42)69)48(67)31(7)53-41(39)55(71)57(10,77-53)75-21-18-38(73-11)28(4)52(76-33(9)64)30(6)47(66)29(5)46(25)65/h13-15,18,21-22,24-25,27-30,34,38,46-47,52,63,65-67H,8,16-17,19-20,23H2,1-7,9-12H3,(H,59,72)/b14-13+,21-18+,26-15-/t25-,27?,28+,29+,30+,38-,46-,47+,52+,57-/m0/s1. The third-order valence-electron chi connectivity index (χ3n) is 15.8. The Morgan fingerprint density at radius 2 is 1.62 bits per heavy atom. The zero-order chi connectivity index (χ0) is 56.4. The number of aliphatic hydroxyl groups is 3. The molecule has 6 aliphatic rings. The van der Waals surface area contributed by atoms with Crippen LogP contribution in [0.25, 0.3) is 16.7 Å². The molecule has 5 N–H and O–H groups in total. The van der Waals surface area contributed by atoms with Gasteiger partial charge in [-0.15, -0.1) is 0 Å². The van der Waals surface area contributed by atoms with E-state index in [1.807, 2.05) is 0 Å². The van der Waals surface area contributed by atoms with E-state index in [9.17, 15) is 39.6 Å². The molecule has 1 saturated heterocycles. The number of nitrogens with zero attached hydrogens (tertiary/aromatic N) is 3. The Morgan fingerprint density at radius 3 is 2.23 bits per heavy atom. The lowest BCUT2D eigenvalue weighted by molar-refractivity contribution is -0.160. The maximum absolute atomic E-state index is 16.7. The summed E-state index contributed by atoms with van der Waals surface area (Å²) in [5.74, 6) is -11.3. The van der Waals surface area contributed by atoms with E-state index >= 15 is 14.0 Å². The Hall–Kier alpha value is -7.29. The smallest absolute Gasteiger partial charge is 0.312 e. The van der Waals surface area contributed by atoms with Crippen LogP contribution in [0.15, 0.2) is 71.2 Å². The molecule has 1 saturated carbocycles. The maximum atomic E-state index is 16.7. The van der Waals surface area contributed by atoms with Crippen molar-refractivity contribution in [1.29, 1.82) is 0 Å². The number of hydrogen-bond acceptors (Lipinski definition) is 17. The Bertz CT molecular complexity index is 3190. The molecule has 5 bridgehead atoms. The van der Waals surface area contributed by atoms with Gasteiger partial charge in [0.15, 0.2) is 11.6 Å². The van der Waals surface area contributed by atoms with Crippen molar-refractivity contribution in [1.82, 2.24) is 14.8 Å². The van der Waals surface area contributed by atoms with E-state index in [1.54, 1.807) is 55.1 Å². The summed E-state index contributed by atoms with van der Waals surface area (Å²) in [6.45, 7) is 17.3. The number of carbonyl (C=O) groups excluding carboxylic acids is 5. The van der Waals surface area contributed by atoms with E-state index in [0.717, 1.165) is 25.2 Å². The highest BCUT2D eigenvalue weighted by Crippen LogP contribution is 2.50. The van der Waals surface area contributed by atoms with E-state index in [0.29, 0.717) is 5.52 Å². The van der Waals surface area contributed by atoms with Crippen molar-refractivity contribution in [3.63, 3.8) is 0 Å². The number of allylic oxidation sites excluding steroid dienone is 4. The number of amides is 1. The molecule has 1 unspecified atom stereocenters. The van der Waals surface area contributed by atoms with Crippen molar-refractivity contribution >= 4 is 51.6 Å². The second-order valence-corrected chi connectivity index (χ2v) is 21.1. The molecule has 3 aromatic rings. The largest absolute Gasteiger partial charge is 0.508 e. The van der Waals surface area contributed by atoms with Crippen LogP contribution in [-0.4, -0.2) is 129 Å². The number of phenolic OH excluding ortho intramolecular Hbond substituents is 1. The van der Waals surface area contributed by atoms with Gasteiger partial charge in [-0.3, -0.25) is 28.8 Å².